The van der Waals surface area contributed by atoms with Crippen molar-refractivity contribution < 1.29 is 4.92 Å². The SMILES string of the molecule is CC#CCCNCc1ccccc1[N+](=O)[O-]. The summed E-state index contributed by atoms with van der Waals surface area (Å²) in [6, 6.07) is 6.75. The summed E-state index contributed by atoms with van der Waals surface area (Å²) in [6.45, 7) is 3.04. The molecule has 0 aliphatic rings. The number of benzene rings is 1. The van der Waals surface area contributed by atoms with Crippen LogP contribution in [0.5, 0.6) is 0 Å². The van der Waals surface area contributed by atoms with Crippen LogP contribution in [0.3, 0.4) is 0 Å². The number of nitrogens with zero attached hydrogens (tertiary/aromatic N) is 1. The molecule has 0 aliphatic heterocycles. The molecule has 0 heterocycles. The summed E-state index contributed by atoms with van der Waals surface area (Å²) in [5, 5.41) is 13.8. The van der Waals surface area contributed by atoms with Gasteiger partial charge in [0.05, 0.1) is 4.92 Å². The number of rotatable bonds is 5. The Balaban J connectivity index is 2.52. The molecule has 0 saturated carbocycles. The standard InChI is InChI=1S/C12H14N2O2/c1-2-3-6-9-13-10-11-7-4-5-8-12(11)14(15)16/h4-5,7-8,13H,6,9-10H2,1H3. The lowest BCUT2D eigenvalue weighted by atomic mass is 10.2. The molecule has 0 aromatic heterocycles. The van der Waals surface area contributed by atoms with Gasteiger partial charge in [0.2, 0.25) is 0 Å². The zero-order chi connectivity index (χ0) is 11.8. The smallest absolute Gasteiger partial charge is 0.273 e. The molecule has 0 fully saturated rings. The molecule has 1 rings (SSSR count). The van der Waals surface area contributed by atoms with Crippen LogP contribution < -0.4 is 5.32 Å². The third-order valence-electron chi connectivity index (χ3n) is 2.11. The van der Waals surface area contributed by atoms with Crippen LogP contribution in [0, 0.1) is 22.0 Å². The molecule has 0 bridgehead atoms. The second kappa shape index (κ2) is 6.59. The van der Waals surface area contributed by atoms with Gasteiger partial charge in [-0.1, -0.05) is 18.2 Å². The van der Waals surface area contributed by atoms with E-state index < -0.39 is 0 Å². The Hall–Kier alpha value is -1.86. The van der Waals surface area contributed by atoms with E-state index in [1.165, 1.54) is 6.07 Å². The van der Waals surface area contributed by atoms with Gasteiger partial charge >= 0.3 is 0 Å². The molecule has 1 N–H and O–H groups in total. The molecule has 0 radical (unpaired) electrons. The van der Waals surface area contributed by atoms with Gasteiger partial charge in [-0.2, -0.15) is 0 Å². The number of para-hydroxylation sites is 1. The molecule has 4 nitrogen and oxygen atoms in total. The summed E-state index contributed by atoms with van der Waals surface area (Å²) in [5.74, 6) is 5.72. The van der Waals surface area contributed by atoms with Crippen molar-refractivity contribution in [2.45, 2.75) is 19.9 Å². The Morgan fingerprint density at radius 3 is 2.88 bits per heavy atom. The molecular weight excluding hydrogens is 204 g/mol. The van der Waals surface area contributed by atoms with Crippen molar-refractivity contribution in [1.29, 1.82) is 0 Å². The van der Waals surface area contributed by atoms with Gasteiger partial charge in [0.1, 0.15) is 0 Å². The predicted molar refractivity (Wildman–Crippen MR) is 62.9 cm³/mol. The zero-order valence-corrected chi connectivity index (χ0v) is 9.19. The first-order valence-electron chi connectivity index (χ1n) is 5.08. The molecule has 4 heteroatoms. The topological polar surface area (TPSA) is 55.2 Å². The largest absolute Gasteiger partial charge is 0.311 e. The van der Waals surface area contributed by atoms with Gasteiger partial charge in [0.15, 0.2) is 0 Å². The lowest BCUT2D eigenvalue weighted by molar-refractivity contribution is -0.385. The number of hydrogen-bond acceptors (Lipinski definition) is 3. The second-order valence-electron chi connectivity index (χ2n) is 3.24. The second-order valence-corrected chi connectivity index (χ2v) is 3.24. The first-order chi connectivity index (χ1) is 7.75. The Morgan fingerprint density at radius 1 is 1.44 bits per heavy atom. The predicted octanol–water partition coefficient (Wildman–Crippen LogP) is 2.10. The molecule has 0 saturated heterocycles. The average molecular weight is 218 g/mol. The fourth-order valence-corrected chi connectivity index (χ4v) is 1.34. The van der Waals surface area contributed by atoms with E-state index in [1.807, 2.05) is 0 Å². The summed E-state index contributed by atoms with van der Waals surface area (Å²) in [6.07, 6.45) is 0.761. The highest BCUT2D eigenvalue weighted by Gasteiger charge is 2.10. The van der Waals surface area contributed by atoms with Crippen molar-refractivity contribution in [1.82, 2.24) is 5.32 Å². The first-order valence-corrected chi connectivity index (χ1v) is 5.08. The third-order valence-corrected chi connectivity index (χ3v) is 2.11. The summed E-state index contributed by atoms with van der Waals surface area (Å²) in [7, 11) is 0. The number of nitro groups is 1. The van der Waals surface area contributed by atoms with Crippen LogP contribution in [0.2, 0.25) is 0 Å². The van der Waals surface area contributed by atoms with E-state index in [2.05, 4.69) is 17.2 Å². The van der Waals surface area contributed by atoms with Gasteiger partial charge in [0.25, 0.3) is 5.69 Å². The highest BCUT2D eigenvalue weighted by atomic mass is 16.6. The number of nitrogens with one attached hydrogen (secondary N) is 1. The normalized spacial score (nSPS) is 9.31. The van der Waals surface area contributed by atoms with E-state index in [0.29, 0.717) is 12.1 Å². The maximum absolute atomic E-state index is 10.7. The van der Waals surface area contributed by atoms with Gasteiger partial charge < -0.3 is 5.32 Å². The quantitative estimate of drug-likeness (QED) is 0.356. The fourth-order valence-electron chi connectivity index (χ4n) is 1.34. The summed E-state index contributed by atoms with van der Waals surface area (Å²) < 4.78 is 0. The van der Waals surface area contributed by atoms with Crippen LogP contribution in [0.1, 0.15) is 18.9 Å². The highest BCUT2D eigenvalue weighted by molar-refractivity contribution is 5.39. The van der Waals surface area contributed by atoms with Crippen LogP contribution in [0.15, 0.2) is 24.3 Å². The minimum absolute atomic E-state index is 0.163. The summed E-state index contributed by atoms with van der Waals surface area (Å²) >= 11 is 0. The van der Waals surface area contributed by atoms with E-state index in [4.69, 9.17) is 0 Å². The number of nitro benzene ring substituents is 1. The Kier molecular flexibility index (Phi) is 5.03. The molecule has 16 heavy (non-hydrogen) atoms. The Bertz CT molecular complexity index is 419. The molecule has 0 unspecified atom stereocenters. The van der Waals surface area contributed by atoms with Gasteiger partial charge in [0, 0.05) is 31.1 Å². The maximum Gasteiger partial charge on any atom is 0.273 e. The van der Waals surface area contributed by atoms with Gasteiger partial charge in [-0.05, 0) is 6.92 Å². The van der Waals surface area contributed by atoms with E-state index >= 15 is 0 Å². The minimum atomic E-state index is -0.358. The lowest BCUT2D eigenvalue weighted by Crippen LogP contribution is -2.15. The molecule has 0 spiro atoms. The van der Waals surface area contributed by atoms with Gasteiger partial charge in [-0.25, -0.2) is 0 Å². The van der Waals surface area contributed by atoms with Crippen LogP contribution in [-0.4, -0.2) is 11.5 Å². The van der Waals surface area contributed by atoms with Crippen LogP contribution in [0.25, 0.3) is 0 Å². The van der Waals surface area contributed by atoms with E-state index in [9.17, 15) is 10.1 Å². The van der Waals surface area contributed by atoms with Crippen LogP contribution in [-0.2, 0) is 6.54 Å². The van der Waals surface area contributed by atoms with Crippen LogP contribution >= 0.6 is 0 Å². The summed E-state index contributed by atoms with van der Waals surface area (Å²) in [4.78, 5) is 10.4. The minimum Gasteiger partial charge on any atom is -0.311 e. The fraction of sp³-hybridized carbons (Fsp3) is 0.333. The molecule has 0 aliphatic carbocycles. The molecule has 84 valence electrons. The molecule has 0 amide bonds. The first kappa shape index (κ1) is 12.2. The molecule has 0 atom stereocenters. The third kappa shape index (κ3) is 3.71. The van der Waals surface area contributed by atoms with Gasteiger partial charge in [-0.15, -0.1) is 11.8 Å². The number of hydrogen-bond donors (Lipinski definition) is 1. The summed E-state index contributed by atoms with van der Waals surface area (Å²) in [5.41, 5.74) is 0.869. The molecule has 1 aromatic rings. The Labute approximate surface area is 94.8 Å². The molecular formula is C12H14N2O2. The van der Waals surface area contributed by atoms with E-state index in [0.717, 1.165) is 13.0 Å². The zero-order valence-electron chi connectivity index (χ0n) is 9.19. The van der Waals surface area contributed by atoms with Crippen molar-refractivity contribution >= 4 is 5.69 Å². The Morgan fingerprint density at radius 2 is 2.19 bits per heavy atom. The molecule has 1 aromatic carbocycles. The highest BCUT2D eigenvalue weighted by Crippen LogP contribution is 2.16. The van der Waals surface area contributed by atoms with Gasteiger partial charge in [-0.3, -0.25) is 10.1 Å². The monoisotopic (exact) mass is 218 g/mol. The van der Waals surface area contributed by atoms with Crippen LogP contribution in [0.4, 0.5) is 5.69 Å². The average Bonchev–Trinajstić information content (AvgIpc) is 2.29. The van der Waals surface area contributed by atoms with E-state index in [-0.39, 0.29) is 10.6 Å². The van der Waals surface area contributed by atoms with Crippen molar-refractivity contribution in [3.8, 4) is 11.8 Å². The van der Waals surface area contributed by atoms with Crippen molar-refractivity contribution in [2.75, 3.05) is 6.54 Å². The lowest BCUT2D eigenvalue weighted by Gasteiger charge is -2.03. The van der Waals surface area contributed by atoms with Crippen molar-refractivity contribution in [3.05, 3.63) is 39.9 Å². The van der Waals surface area contributed by atoms with E-state index in [1.54, 1.807) is 25.1 Å². The van der Waals surface area contributed by atoms with Crippen molar-refractivity contribution in [2.24, 2.45) is 0 Å². The maximum atomic E-state index is 10.7. The van der Waals surface area contributed by atoms with Crippen molar-refractivity contribution in [3.63, 3.8) is 0 Å².